The van der Waals surface area contributed by atoms with Gasteiger partial charge >= 0.3 is 0 Å². The molecule has 0 bridgehead atoms. The standard InChI is InChI=1S/C19H27N3O/c1-5-15-18(20-17(23)13-19(2,3)4)16(22-21-15)12-11-14-9-7-6-8-10-14/h6-10H,5,11-13H2,1-4H3,(H,20,23)(H,21,22). The Morgan fingerprint density at radius 3 is 2.48 bits per heavy atom. The maximum Gasteiger partial charge on any atom is 0.224 e. The molecule has 124 valence electrons. The summed E-state index contributed by atoms with van der Waals surface area (Å²) < 4.78 is 0. The van der Waals surface area contributed by atoms with Crippen LogP contribution in [0.4, 0.5) is 5.69 Å². The smallest absolute Gasteiger partial charge is 0.224 e. The molecule has 0 fully saturated rings. The number of nitrogens with one attached hydrogen (secondary N) is 2. The van der Waals surface area contributed by atoms with Gasteiger partial charge in [0.1, 0.15) is 0 Å². The summed E-state index contributed by atoms with van der Waals surface area (Å²) in [7, 11) is 0. The van der Waals surface area contributed by atoms with Crippen LogP contribution in [0.25, 0.3) is 0 Å². The predicted molar refractivity (Wildman–Crippen MR) is 94.5 cm³/mol. The van der Waals surface area contributed by atoms with E-state index in [9.17, 15) is 4.79 Å². The summed E-state index contributed by atoms with van der Waals surface area (Å²) in [6.07, 6.45) is 3.06. The van der Waals surface area contributed by atoms with Crippen molar-refractivity contribution >= 4 is 11.6 Å². The average Bonchev–Trinajstić information content (AvgIpc) is 2.86. The van der Waals surface area contributed by atoms with Crippen LogP contribution in [0, 0.1) is 5.41 Å². The lowest BCUT2D eigenvalue weighted by Gasteiger charge is -2.17. The van der Waals surface area contributed by atoms with Gasteiger partial charge < -0.3 is 5.32 Å². The van der Waals surface area contributed by atoms with Gasteiger partial charge in [-0.05, 0) is 30.2 Å². The molecule has 0 aliphatic carbocycles. The number of rotatable bonds is 6. The Morgan fingerprint density at radius 1 is 1.17 bits per heavy atom. The number of aryl methyl sites for hydroxylation is 3. The van der Waals surface area contributed by atoms with E-state index in [1.54, 1.807) is 0 Å². The van der Waals surface area contributed by atoms with Crippen LogP contribution in [-0.4, -0.2) is 16.1 Å². The fraction of sp³-hybridized carbons (Fsp3) is 0.474. The first-order chi connectivity index (χ1) is 10.9. The molecule has 0 unspecified atom stereocenters. The number of hydrogen-bond donors (Lipinski definition) is 2. The summed E-state index contributed by atoms with van der Waals surface area (Å²) in [5.74, 6) is 0.0505. The summed E-state index contributed by atoms with van der Waals surface area (Å²) in [6.45, 7) is 8.26. The molecule has 2 rings (SSSR count). The van der Waals surface area contributed by atoms with E-state index in [0.29, 0.717) is 6.42 Å². The third-order valence-electron chi connectivity index (χ3n) is 3.71. The molecule has 4 heteroatoms. The van der Waals surface area contributed by atoms with Crippen LogP contribution in [0.5, 0.6) is 0 Å². The quantitative estimate of drug-likeness (QED) is 0.842. The number of benzene rings is 1. The number of hydrogen-bond acceptors (Lipinski definition) is 2. The summed E-state index contributed by atoms with van der Waals surface area (Å²) in [6, 6.07) is 10.4. The zero-order valence-corrected chi connectivity index (χ0v) is 14.6. The third-order valence-corrected chi connectivity index (χ3v) is 3.71. The number of H-pyrrole nitrogens is 1. The number of anilines is 1. The van der Waals surface area contributed by atoms with Crippen LogP contribution in [0.1, 0.15) is 51.1 Å². The van der Waals surface area contributed by atoms with Crippen LogP contribution in [0.2, 0.25) is 0 Å². The lowest BCUT2D eigenvalue weighted by atomic mass is 9.92. The first kappa shape index (κ1) is 17.3. The fourth-order valence-electron chi connectivity index (χ4n) is 2.58. The molecule has 2 N–H and O–H groups in total. The van der Waals surface area contributed by atoms with Crippen molar-refractivity contribution < 1.29 is 4.79 Å². The monoisotopic (exact) mass is 313 g/mol. The van der Waals surface area contributed by atoms with Gasteiger partial charge in [-0.15, -0.1) is 0 Å². The fourth-order valence-corrected chi connectivity index (χ4v) is 2.58. The first-order valence-electron chi connectivity index (χ1n) is 8.29. The maximum atomic E-state index is 12.3. The summed E-state index contributed by atoms with van der Waals surface area (Å²) in [5.41, 5.74) is 4.07. The Labute approximate surface area is 138 Å². The number of carbonyl (C=O) groups is 1. The Hall–Kier alpha value is -2.10. The van der Waals surface area contributed by atoms with Crippen LogP contribution in [-0.2, 0) is 24.1 Å². The molecule has 23 heavy (non-hydrogen) atoms. The van der Waals surface area contributed by atoms with E-state index in [1.165, 1.54) is 5.56 Å². The highest BCUT2D eigenvalue weighted by atomic mass is 16.1. The highest BCUT2D eigenvalue weighted by Crippen LogP contribution is 2.24. The third kappa shape index (κ3) is 5.23. The van der Waals surface area contributed by atoms with Crippen molar-refractivity contribution in [1.82, 2.24) is 10.2 Å². The van der Waals surface area contributed by atoms with E-state index in [4.69, 9.17) is 0 Å². The Morgan fingerprint density at radius 2 is 1.87 bits per heavy atom. The predicted octanol–water partition coefficient (Wildman–Crippen LogP) is 4.13. The van der Waals surface area contributed by atoms with Gasteiger partial charge in [-0.1, -0.05) is 58.0 Å². The van der Waals surface area contributed by atoms with Crippen molar-refractivity contribution in [3.8, 4) is 0 Å². The highest BCUT2D eigenvalue weighted by molar-refractivity contribution is 5.92. The molecule has 0 spiro atoms. The van der Waals surface area contributed by atoms with Crippen molar-refractivity contribution in [3.05, 3.63) is 47.3 Å². The molecule has 0 saturated carbocycles. The van der Waals surface area contributed by atoms with Crippen LogP contribution in [0.15, 0.2) is 30.3 Å². The van der Waals surface area contributed by atoms with E-state index in [2.05, 4.69) is 55.3 Å². The van der Waals surface area contributed by atoms with Crippen molar-refractivity contribution in [2.45, 2.75) is 53.4 Å². The Bertz CT molecular complexity index is 638. The molecular weight excluding hydrogens is 286 g/mol. The second-order valence-electron chi connectivity index (χ2n) is 7.15. The van der Waals surface area contributed by atoms with Crippen molar-refractivity contribution in [2.24, 2.45) is 5.41 Å². The van der Waals surface area contributed by atoms with Gasteiger partial charge in [0.25, 0.3) is 0 Å². The molecule has 1 aromatic heterocycles. The normalized spacial score (nSPS) is 11.5. The molecule has 0 aliphatic rings. The van der Waals surface area contributed by atoms with Crippen LogP contribution in [0.3, 0.4) is 0 Å². The van der Waals surface area contributed by atoms with Crippen molar-refractivity contribution in [3.63, 3.8) is 0 Å². The minimum absolute atomic E-state index is 0.0234. The Kier molecular flexibility index (Phi) is 5.59. The molecule has 0 saturated heterocycles. The van der Waals surface area contributed by atoms with Gasteiger partial charge in [0.05, 0.1) is 17.1 Å². The second-order valence-corrected chi connectivity index (χ2v) is 7.15. The van der Waals surface area contributed by atoms with Gasteiger partial charge in [-0.3, -0.25) is 9.89 Å². The zero-order valence-electron chi connectivity index (χ0n) is 14.6. The molecule has 1 amide bonds. The van der Waals surface area contributed by atoms with Crippen molar-refractivity contribution in [1.29, 1.82) is 0 Å². The van der Waals surface area contributed by atoms with Gasteiger partial charge in [-0.25, -0.2) is 0 Å². The van der Waals surface area contributed by atoms with Crippen molar-refractivity contribution in [2.75, 3.05) is 5.32 Å². The summed E-state index contributed by atoms with van der Waals surface area (Å²) in [4.78, 5) is 12.3. The number of nitrogens with zero attached hydrogens (tertiary/aromatic N) is 1. The molecule has 1 aromatic carbocycles. The van der Waals surface area contributed by atoms with Crippen LogP contribution >= 0.6 is 0 Å². The van der Waals surface area contributed by atoms with E-state index in [-0.39, 0.29) is 11.3 Å². The summed E-state index contributed by atoms with van der Waals surface area (Å²) in [5, 5.41) is 10.5. The van der Waals surface area contributed by atoms with E-state index in [1.807, 2.05) is 18.2 Å². The Balaban J connectivity index is 2.08. The van der Waals surface area contributed by atoms with Gasteiger partial charge in [-0.2, -0.15) is 5.10 Å². The number of carbonyl (C=O) groups excluding carboxylic acids is 1. The largest absolute Gasteiger partial charge is 0.323 e. The molecular formula is C19H27N3O. The maximum absolute atomic E-state index is 12.3. The zero-order chi connectivity index (χ0) is 16.9. The average molecular weight is 313 g/mol. The number of aromatic amines is 1. The van der Waals surface area contributed by atoms with E-state index >= 15 is 0 Å². The van der Waals surface area contributed by atoms with E-state index in [0.717, 1.165) is 36.3 Å². The highest BCUT2D eigenvalue weighted by Gasteiger charge is 2.19. The first-order valence-corrected chi connectivity index (χ1v) is 8.29. The van der Waals surface area contributed by atoms with E-state index < -0.39 is 0 Å². The topological polar surface area (TPSA) is 57.8 Å². The molecule has 0 aliphatic heterocycles. The lowest BCUT2D eigenvalue weighted by molar-refractivity contribution is -0.117. The summed E-state index contributed by atoms with van der Waals surface area (Å²) >= 11 is 0. The molecule has 0 radical (unpaired) electrons. The molecule has 0 atom stereocenters. The lowest BCUT2D eigenvalue weighted by Crippen LogP contribution is -2.20. The van der Waals surface area contributed by atoms with Gasteiger partial charge in [0.15, 0.2) is 0 Å². The van der Waals surface area contributed by atoms with Gasteiger partial charge in [0.2, 0.25) is 5.91 Å². The molecule has 4 nitrogen and oxygen atoms in total. The second kappa shape index (κ2) is 7.44. The minimum atomic E-state index is -0.0234. The SMILES string of the molecule is CCc1n[nH]c(CCc2ccccc2)c1NC(=O)CC(C)(C)C. The molecule has 2 aromatic rings. The number of amides is 1. The van der Waals surface area contributed by atoms with Gasteiger partial charge in [0, 0.05) is 6.42 Å². The minimum Gasteiger partial charge on any atom is -0.323 e. The van der Waals surface area contributed by atoms with Crippen LogP contribution < -0.4 is 5.32 Å². The molecule has 1 heterocycles. The number of aromatic nitrogens is 2.